The highest BCUT2D eigenvalue weighted by molar-refractivity contribution is 5.34. The predicted octanol–water partition coefficient (Wildman–Crippen LogP) is 4.76. The average Bonchev–Trinajstić information content (AvgIpc) is 2.81. The topological polar surface area (TPSA) is 12.0 Å². The van der Waals surface area contributed by atoms with Crippen LogP contribution in [0.2, 0.25) is 0 Å². The van der Waals surface area contributed by atoms with Crippen molar-refractivity contribution in [2.24, 2.45) is 5.92 Å². The molecule has 1 aromatic rings. The van der Waals surface area contributed by atoms with Crippen LogP contribution in [0.3, 0.4) is 0 Å². The number of alkyl halides is 3. The minimum absolute atomic E-state index is 0.156. The molecule has 1 N–H and O–H groups in total. The van der Waals surface area contributed by atoms with E-state index < -0.39 is 11.7 Å². The van der Waals surface area contributed by atoms with Gasteiger partial charge in [-0.25, -0.2) is 0 Å². The Labute approximate surface area is 124 Å². The third kappa shape index (κ3) is 3.42. The summed E-state index contributed by atoms with van der Waals surface area (Å²) < 4.78 is 38.9. The molecule has 1 aliphatic carbocycles. The summed E-state index contributed by atoms with van der Waals surface area (Å²) in [6.45, 7) is 5.94. The Morgan fingerprint density at radius 3 is 2.67 bits per heavy atom. The second kappa shape index (κ2) is 6.39. The molecule has 118 valence electrons. The Balaban J connectivity index is 2.33. The largest absolute Gasteiger partial charge is 0.416 e. The summed E-state index contributed by atoms with van der Waals surface area (Å²) in [6, 6.07) is 5.93. The fourth-order valence-electron chi connectivity index (χ4n) is 3.53. The molecule has 0 heterocycles. The van der Waals surface area contributed by atoms with E-state index in [1.807, 2.05) is 6.07 Å². The average molecular weight is 299 g/mol. The van der Waals surface area contributed by atoms with Crippen LogP contribution in [0.15, 0.2) is 24.3 Å². The molecule has 1 aromatic carbocycles. The monoisotopic (exact) mass is 299 g/mol. The molecule has 0 aromatic heterocycles. The van der Waals surface area contributed by atoms with E-state index >= 15 is 0 Å². The fourth-order valence-corrected chi connectivity index (χ4v) is 3.53. The van der Waals surface area contributed by atoms with Crippen molar-refractivity contribution in [3.63, 3.8) is 0 Å². The van der Waals surface area contributed by atoms with Gasteiger partial charge < -0.3 is 5.32 Å². The zero-order valence-electron chi connectivity index (χ0n) is 12.8. The molecule has 1 saturated carbocycles. The van der Waals surface area contributed by atoms with Crippen LogP contribution >= 0.6 is 0 Å². The molecule has 0 saturated heterocycles. The van der Waals surface area contributed by atoms with Crippen molar-refractivity contribution in [2.45, 2.75) is 51.1 Å². The maximum absolute atomic E-state index is 13.0. The maximum atomic E-state index is 13.0. The highest BCUT2D eigenvalue weighted by atomic mass is 19.4. The number of hydrogen-bond donors (Lipinski definition) is 1. The van der Waals surface area contributed by atoms with Gasteiger partial charge in [-0.3, -0.25) is 0 Å². The molecule has 0 aliphatic heterocycles. The van der Waals surface area contributed by atoms with Gasteiger partial charge in [0, 0.05) is 12.0 Å². The Morgan fingerprint density at radius 2 is 2.10 bits per heavy atom. The smallest absolute Gasteiger partial charge is 0.316 e. The maximum Gasteiger partial charge on any atom is 0.416 e. The Bertz CT molecular complexity index is 469. The molecular formula is C17H24F3N. The molecule has 1 nitrogen and oxygen atoms in total. The van der Waals surface area contributed by atoms with Crippen LogP contribution in [0.25, 0.3) is 0 Å². The highest BCUT2D eigenvalue weighted by Crippen LogP contribution is 2.46. The van der Waals surface area contributed by atoms with Crippen molar-refractivity contribution in [1.82, 2.24) is 5.32 Å². The van der Waals surface area contributed by atoms with E-state index in [1.54, 1.807) is 6.07 Å². The van der Waals surface area contributed by atoms with Gasteiger partial charge in [-0.15, -0.1) is 0 Å². The minimum atomic E-state index is -4.27. The Kier molecular flexibility index (Phi) is 4.97. The van der Waals surface area contributed by atoms with E-state index in [0.29, 0.717) is 5.92 Å². The lowest BCUT2D eigenvalue weighted by molar-refractivity contribution is -0.137. The van der Waals surface area contributed by atoms with Crippen molar-refractivity contribution in [3.05, 3.63) is 35.4 Å². The van der Waals surface area contributed by atoms with Crippen LogP contribution in [0, 0.1) is 5.92 Å². The molecule has 0 radical (unpaired) electrons. The molecule has 4 heteroatoms. The summed E-state index contributed by atoms with van der Waals surface area (Å²) in [5.41, 5.74) is 0.149. The summed E-state index contributed by atoms with van der Waals surface area (Å²) in [6.07, 6.45) is -0.0929. The summed E-state index contributed by atoms with van der Waals surface area (Å²) in [4.78, 5) is 0. The Hall–Kier alpha value is -1.03. The van der Waals surface area contributed by atoms with Crippen LogP contribution in [-0.4, -0.2) is 13.1 Å². The zero-order chi connectivity index (χ0) is 15.5. The highest BCUT2D eigenvalue weighted by Gasteiger charge is 2.42. The second-order valence-electron chi connectivity index (χ2n) is 6.20. The van der Waals surface area contributed by atoms with E-state index in [2.05, 4.69) is 19.2 Å². The second-order valence-corrected chi connectivity index (χ2v) is 6.20. The first-order chi connectivity index (χ1) is 9.90. The van der Waals surface area contributed by atoms with E-state index in [4.69, 9.17) is 0 Å². The SMILES string of the molecule is CCCNCC1(c2cccc(C(F)(F)F)c2)CCCC1C. The van der Waals surface area contributed by atoms with Gasteiger partial charge in [-0.1, -0.05) is 38.5 Å². The molecule has 1 fully saturated rings. The number of benzene rings is 1. The van der Waals surface area contributed by atoms with Crippen molar-refractivity contribution < 1.29 is 13.2 Å². The van der Waals surface area contributed by atoms with Crippen LogP contribution in [-0.2, 0) is 11.6 Å². The van der Waals surface area contributed by atoms with E-state index in [-0.39, 0.29) is 5.41 Å². The lowest BCUT2D eigenvalue weighted by Gasteiger charge is -2.35. The van der Waals surface area contributed by atoms with Gasteiger partial charge in [0.15, 0.2) is 0 Å². The first-order valence-corrected chi connectivity index (χ1v) is 7.78. The van der Waals surface area contributed by atoms with Gasteiger partial charge in [0.2, 0.25) is 0 Å². The first-order valence-electron chi connectivity index (χ1n) is 7.78. The van der Waals surface area contributed by atoms with Crippen LogP contribution < -0.4 is 5.32 Å². The predicted molar refractivity (Wildman–Crippen MR) is 79.3 cm³/mol. The summed E-state index contributed by atoms with van der Waals surface area (Å²) in [7, 11) is 0. The van der Waals surface area contributed by atoms with Crippen LogP contribution in [0.1, 0.15) is 50.7 Å². The van der Waals surface area contributed by atoms with Gasteiger partial charge >= 0.3 is 6.18 Å². The third-order valence-corrected chi connectivity index (χ3v) is 4.84. The minimum Gasteiger partial charge on any atom is -0.316 e. The van der Waals surface area contributed by atoms with Crippen molar-refractivity contribution in [1.29, 1.82) is 0 Å². The number of hydrogen-bond acceptors (Lipinski definition) is 1. The molecule has 0 bridgehead atoms. The van der Waals surface area contributed by atoms with E-state index in [1.165, 1.54) is 6.07 Å². The van der Waals surface area contributed by atoms with Gasteiger partial charge in [0.1, 0.15) is 0 Å². The lowest BCUT2D eigenvalue weighted by atomic mass is 9.72. The summed E-state index contributed by atoms with van der Waals surface area (Å²) in [5.74, 6) is 0.408. The van der Waals surface area contributed by atoms with Crippen molar-refractivity contribution >= 4 is 0 Å². The van der Waals surface area contributed by atoms with Gasteiger partial charge in [0.05, 0.1) is 5.56 Å². The molecule has 2 atom stereocenters. The van der Waals surface area contributed by atoms with Gasteiger partial charge in [0.25, 0.3) is 0 Å². The molecular weight excluding hydrogens is 275 g/mol. The normalized spacial score (nSPS) is 26.2. The van der Waals surface area contributed by atoms with Crippen molar-refractivity contribution in [2.75, 3.05) is 13.1 Å². The quantitative estimate of drug-likeness (QED) is 0.773. The number of halogens is 3. The third-order valence-electron chi connectivity index (χ3n) is 4.84. The van der Waals surface area contributed by atoms with Crippen LogP contribution in [0.4, 0.5) is 13.2 Å². The Morgan fingerprint density at radius 1 is 1.33 bits per heavy atom. The van der Waals surface area contributed by atoms with E-state index in [9.17, 15) is 13.2 Å². The molecule has 2 rings (SSSR count). The molecule has 1 aliphatic rings. The standard InChI is InChI=1S/C17H24F3N/c1-3-10-21-12-16(9-5-6-13(16)2)14-7-4-8-15(11-14)17(18,19)20/h4,7-8,11,13,21H,3,5-6,9-10,12H2,1-2H3. The lowest BCUT2D eigenvalue weighted by Crippen LogP contribution is -2.40. The summed E-state index contributed by atoms with van der Waals surface area (Å²) in [5, 5.41) is 3.42. The molecule has 2 unspecified atom stereocenters. The van der Waals surface area contributed by atoms with Crippen molar-refractivity contribution in [3.8, 4) is 0 Å². The molecule has 0 spiro atoms. The van der Waals surface area contributed by atoms with Gasteiger partial charge in [-0.05, 0) is 43.4 Å². The van der Waals surface area contributed by atoms with Crippen LogP contribution in [0.5, 0.6) is 0 Å². The fraction of sp³-hybridized carbons (Fsp3) is 0.647. The van der Waals surface area contributed by atoms with E-state index in [0.717, 1.165) is 50.4 Å². The zero-order valence-corrected chi connectivity index (χ0v) is 12.8. The number of rotatable bonds is 5. The molecule has 0 amide bonds. The molecule has 21 heavy (non-hydrogen) atoms. The number of nitrogens with one attached hydrogen (secondary N) is 1. The van der Waals surface area contributed by atoms with Gasteiger partial charge in [-0.2, -0.15) is 13.2 Å². The first kappa shape index (κ1) is 16.3. The summed E-state index contributed by atoms with van der Waals surface area (Å²) >= 11 is 0.